The minimum Gasteiger partial charge on any atom is -0.496 e. The molecule has 0 unspecified atom stereocenters. The van der Waals surface area contributed by atoms with Gasteiger partial charge in [-0.15, -0.1) is 11.3 Å². The number of thiophene rings is 1. The molecule has 0 fully saturated rings. The summed E-state index contributed by atoms with van der Waals surface area (Å²) in [5.74, 6) is 0.0335. The van der Waals surface area contributed by atoms with Gasteiger partial charge in [0.05, 0.1) is 26.4 Å². The van der Waals surface area contributed by atoms with Gasteiger partial charge in [-0.25, -0.2) is 4.79 Å². The van der Waals surface area contributed by atoms with Crippen LogP contribution in [0.15, 0.2) is 18.2 Å². The summed E-state index contributed by atoms with van der Waals surface area (Å²) >= 11 is 1.44. The van der Waals surface area contributed by atoms with Crippen LogP contribution in [-0.2, 0) is 17.6 Å². The zero-order valence-electron chi connectivity index (χ0n) is 15.0. The lowest BCUT2D eigenvalue weighted by molar-refractivity contribution is 0.0527. The van der Waals surface area contributed by atoms with Crippen LogP contribution in [0.4, 0.5) is 5.00 Å². The molecule has 1 aliphatic rings. The average molecular weight is 375 g/mol. The second kappa shape index (κ2) is 7.78. The monoisotopic (exact) mass is 375 g/mol. The Labute approximate surface area is 156 Å². The molecule has 1 N–H and O–H groups in total. The van der Waals surface area contributed by atoms with Crippen molar-refractivity contribution >= 4 is 28.2 Å². The van der Waals surface area contributed by atoms with Gasteiger partial charge in [-0.3, -0.25) is 4.79 Å². The second-order valence-electron chi connectivity index (χ2n) is 5.77. The molecule has 7 heteroatoms. The molecule has 0 radical (unpaired) electrons. The van der Waals surface area contributed by atoms with Crippen molar-refractivity contribution in [3.05, 3.63) is 39.8 Å². The Morgan fingerprint density at radius 3 is 2.42 bits per heavy atom. The Kier molecular flexibility index (Phi) is 5.46. The van der Waals surface area contributed by atoms with Gasteiger partial charge in [0.1, 0.15) is 22.1 Å². The van der Waals surface area contributed by atoms with Gasteiger partial charge in [-0.1, -0.05) is 6.07 Å². The summed E-state index contributed by atoms with van der Waals surface area (Å²) in [4.78, 5) is 26.5. The van der Waals surface area contributed by atoms with E-state index in [0.717, 1.165) is 29.7 Å². The van der Waals surface area contributed by atoms with E-state index in [1.165, 1.54) is 25.6 Å². The van der Waals surface area contributed by atoms with Gasteiger partial charge in [0.2, 0.25) is 0 Å². The number of hydrogen-bond donors (Lipinski definition) is 1. The molecule has 1 amide bonds. The minimum absolute atomic E-state index is 0.289. The maximum atomic E-state index is 12.9. The van der Waals surface area contributed by atoms with E-state index in [0.29, 0.717) is 27.6 Å². The zero-order chi connectivity index (χ0) is 18.7. The summed E-state index contributed by atoms with van der Waals surface area (Å²) < 4.78 is 15.8. The lowest BCUT2D eigenvalue weighted by atomic mass is 10.1. The van der Waals surface area contributed by atoms with Crippen molar-refractivity contribution < 1.29 is 23.8 Å². The maximum absolute atomic E-state index is 12.9. The number of nitrogens with one attached hydrogen (secondary N) is 1. The fourth-order valence-corrected chi connectivity index (χ4v) is 4.42. The molecule has 0 saturated heterocycles. The first kappa shape index (κ1) is 18.3. The molecule has 0 bridgehead atoms. The van der Waals surface area contributed by atoms with E-state index < -0.39 is 5.97 Å². The number of anilines is 1. The molecule has 6 nitrogen and oxygen atoms in total. The fraction of sp³-hybridized carbons (Fsp3) is 0.368. The lowest BCUT2D eigenvalue weighted by Crippen LogP contribution is -2.17. The molecule has 1 heterocycles. The van der Waals surface area contributed by atoms with Crippen LogP contribution in [0.5, 0.6) is 11.5 Å². The Balaban J connectivity index is 1.98. The second-order valence-corrected chi connectivity index (χ2v) is 6.88. The highest BCUT2D eigenvalue weighted by molar-refractivity contribution is 7.17. The molecule has 1 aromatic heterocycles. The van der Waals surface area contributed by atoms with Crippen molar-refractivity contribution in [1.29, 1.82) is 0 Å². The number of carbonyl (C=O) groups excluding carboxylic acids is 2. The predicted molar refractivity (Wildman–Crippen MR) is 99.8 cm³/mol. The molecule has 3 rings (SSSR count). The highest BCUT2D eigenvalue weighted by Crippen LogP contribution is 2.40. The van der Waals surface area contributed by atoms with E-state index in [9.17, 15) is 9.59 Å². The highest BCUT2D eigenvalue weighted by atomic mass is 32.1. The molecule has 0 spiro atoms. The van der Waals surface area contributed by atoms with E-state index in [1.807, 2.05) is 0 Å². The van der Waals surface area contributed by atoms with Gasteiger partial charge in [-0.05, 0) is 43.9 Å². The van der Waals surface area contributed by atoms with Crippen LogP contribution in [0.2, 0.25) is 0 Å². The number of ether oxygens (including phenoxy) is 3. The number of amides is 1. The van der Waals surface area contributed by atoms with Crippen molar-refractivity contribution in [3.8, 4) is 11.5 Å². The quantitative estimate of drug-likeness (QED) is 0.780. The molecule has 2 aromatic rings. The average Bonchev–Trinajstić information content (AvgIpc) is 3.21. The standard InChI is InChI=1S/C19H21NO5S/c1-4-25-19(22)15-11-7-5-10-14(11)26-18(15)20-17(21)16-12(23-2)8-6-9-13(16)24-3/h6,8-9H,4-5,7,10H2,1-3H3,(H,20,21). The van der Waals surface area contributed by atoms with E-state index in [4.69, 9.17) is 14.2 Å². The normalized spacial score (nSPS) is 12.4. The Morgan fingerprint density at radius 2 is 1.81 bits per heavy atom. The summed E-state index contributed by atoms with van der Waals surface area (Å²) in [6, 6.07) is 5.13. The van der Waals surface area contributed by atoms with Gasteiger partial charge in [0.15, 0.2) is 0 Å². The van der Waals surface area contributed by atoms with Crippen LogP contribution in [-0.4, -0.2) is 32.7 Å². The number of benzene rings is 1. The molecule has 0 saturated carbocycles. The molecule has 0 atom stereocenters. The third kappa shape index (κ3) is 3.26. The molecule has 0 aliphatic heterocycles. The Hall–Kier alpha value is -2.54. The van der Waals surface area contributed by atoms with Crippen LogP contribution in [0.1, 0.15) is 44.5 Å². The molecule has 138 valence electrons. The van der Waals surface area contributed by atoms with Crippen LogP contribution in [0.3, 0.4) is 0 Å². The van der Waals surface area contributed by atoms with E-state index in [-0.39, 0.29) is 12.5 Å². The van der Waals surface area contributed by atoms with Gasteiger partial charge in [0, 0.05) is 4.88 Å². The molecule has 26 heavy (non-hydrogen) atoms. The molecular formula is C19H21NO5S. The van der Waals surface area contributed by atoms with Crippen LogP contribution < -0.4 is 14.8 Å². The van der Waals surface area contributed by atoms with Crippen LogP contribution in [0, 0.1) is 0 Å². The van der Waals surface area contributed by atoms with Crippen molar-refractivity contribution in [3.63, 3.8) is 0 Å². The van der Waals surface area contributed by atoms with Crippen LogP contribution >= 0.6 is 11.3 Å². The summed E-state index contributed by atoms with van der Waals surface area (Å²) in [6.07, 6.45) is 2.76. The molecular weight excluding hydrogens is 354 g/mol. The minimum atomic E-state index is -0.394. The zero-order valence-corrected chi connectivity index (χ0v) is 15.8. The first-order valence-corrected chi connectivity index (χ1v) is 9.26. The number of esters is 1. The Morgan fingerprint density at radius 1 is 1.12 bits per heavy atom. The predicted octanol–water partition coefficient (Wildman–Crippen LogP) is 3.68. The number of aryl methyl sites for hydroxylation is 1. The summed E-state index contributed by atoms with van der Waals surface area (Å²) in [6.45, 7) is 2.06. The van der Waals surface area contributed by atoms with Gasteiger partial charge in [0.25, 0.3) is 5.91 Å². The maximum Gasteiger partial charge on any atom is 0.341 e. The number of carbonyl (C=O) groups is 2. The fourth-order valence-electron chi connectivity index (χ4n) is 3.15. The third-order valence-corrected chi connectivity index (χ3v) is 5.49. The van der Waals surface area contributed by atoms with Crippen molar-refractivity contribution in [2.45, 2.75) is 26.2 Å². The van der Waals surface area contributed by atoms with Crippen molar-refractivity contribution in [1.82, 2.24) is 0 Å². The first-order valence-electron chi connectivity index (χ1n) is 8.44. The van der Waals surface area contributed by atoms with E-state index >= 15 is 0 Å². The Bertz CT molecular complexity index is 820. The molecule has 1 aliphatic carbocycles. The lowest BCUT2D eigenvalue weighted by Gasteiger charge is -2.13. The van der Waals surface area contributed by atoms with Gasteiger partial charge >= 0.3 is 5.97 Å². The number of methoxy groups -OCH3 is 2. The van der Waals surface area contributed by atoms with Crippen molar-refractivity contribution in [2.75, 3.05) is 26.1 Å². The largest absolute Gasteiger partial charge is 0.496 e. The van der Waals surface area contributed by atoms with Gasteiger partial charge < -0.3 is 19.5 Å². The van der Waals surface area contributed by atoms with Crippen molar-refractivity contribution in [2.24, 2.45) is 0 Å². The van der Waals surface area contributed by atoms with Gasteiger partial charge in [-0.2, -0.15) is 0 Å². The smallest absolute Gasteiger partial charge is 0.341 e. The first-order chi connectivity index (χ1) is 12.6. The SMILES string of the molecule is CCOC(=O)c1c(NC(=O)c2c(OC)cccc2OC)sc2c1CCC2. The topological polar surface area (TPSA) is 73.9 Å². The van der Waals surface area contributed by atoms with Crippen LogP contribution in [0.25, 0.3) is 0 Å². The summed E-state index contributed by atoms with van der Waals surface area (Å²) in [7, 11) is 2.99. The highest BCUT2D eigenvalue weighted by Gasteiger charge is 2.29. The number of rotatable bonds is 6. The number of hydrogen-bond acceptors (Lipinski definition) is 6. The van der Waals surface area contributed by atoms with E-state index in [2.05, 4.69) is 5.32 Å². The molecule has 1 aromatic carbocycles. The van der Waals surface area contributed by atoms with E-state index in [1.54, 1.807) is 25.1 Å². The summed E-state index contributed by atoms with van der Waals surface area (Å²) in [5.41, 5.74) is 1.77. The summed E-state index contributed by atoms with van der Waals surface area (Å²) in [5, 5.41) is 3.38. The third-order valence-electron chi connectivity index (χ3n) is 4.28. The number of fused-ring (bicyclic) bond motifs is 1.